The largest absolute Gasteiger partial charge is 0.394 e. The number of thioether (sulfide) groups is 1. The lowest BCUT2D eigenvalue weighted by atomic mass is 9.66. The molecule has 3 aliphatic heterocycles. The fraction of sp³-hybridized carbons (Fsp3) is 0.625. The lowest BCUT2D eigenvalue weighted by molar-refractivity contribution is -0.142. The van der Waals surface area contributed by atoms with Gasteiger partial charge in [-0.1, -0.05) is 19.1 Å². The number of fused-ring (bicyclic) bond motifs is 1. The Hall–Kier alpha value is -2.06. The van der Waals surface area contributed by atoms with E-state index in [-0.39, 0.29) is 29.1 Å². The number of anilines is 1. The van der Waals surface area contributed by atoms with Gasteiger partial charge in [-0.15, -0.1) is 11.8 Å². The molecule has 3 amide bonds. The maximum absolute atomic E-state index is 13.8. The van der Waals surface area contributed by atoms with E-state index in [9.17, 15) is 19.5 Å². The smallest absolute Gasteiger partial charge is 0.248 e. The maximum Gasteiger partial charge on any atom is 0.248 e. The van der Waals surface area contributed by atoms with Crippen molar-refractivity contribution in [1.82, 2.24) is 10.2 Å². The van der Waals surface area contributed by atoms with Gasteiger partial charge in [-0.05, 0) is 57.2 Å². The first-order valence-electron chi connectivity index (χ1n) is 11.4. The van der Waals surface area contributed by atoms with Gasteiger partial charge >= 0.3 is 0 Å². The maximum atomic E-state index is 13.8. The number of aryl methyl sites for hydroxylation is 2. The van der Waals surface area contributed by atoms with Crippen LogP contribution >= 0.6 is 11.8 Å². The standard InChI is InChI=1S/C24H33N3O4S/c1-6-15(12-28)27-19(21(30)26-16-11-13(2)7-8-14(16)3)24-10-9-23(4,32-24)17(20(29)25-5)18(24)22(27)31/h7-8,11,15,17-19,28H,6,9-10,12H2,1-5H3,(H,25,29)(H,26,30)/t15-,17+,18-,19?,23-,24?/m0/s1. The molecule has 1 aromatic carbocycles. The molecule has 6 atom stereocenters. The summed E-state index contributed by atoms with van der Waals surface area (Å²) >= 11 is 1.64. The van der Waals surface area contributed by atoms with Crippen molar-refractivity contribution in [2.75, 3.05) is 19.0 Å². The van der Waals surface area contributed by atoms with Crippen molar-refractivity contribution < 1.29 is 19.5 Å². The van der Waals surface area contributed by atoms with Gasteiger partial charge in [-0.25, -0.2) is 0 Å². The van der Waals surface area contributed by atoms with Crippen LogP contribution in [0, 0.1) is 25.7 Å². The van der Waals surface area contributed by atoms with Crippen LogP contribution in [0.3, 0.4) is 0 Å². The SMILES string of the molecule is CC[C@@H](CO)N1C(=O)[C@@H]2[C@H](C(=O)NC)[C@]3(C)CCC2(S3)C1C(=O)Nc1cc(C)ccc1C. The van der Waals surface area contributed by atoms with E-state index in [1.54, 1.807) is 23.7 Å². The van der Waals surface area contributed by atoms with E-state index in [4.69, 9.17) is 0 Å². The number of nitrogens with one attached hydrogen (secondary N) is 2. The number of rotatable bonds is 6. The molecule has 32 heavy (non-hydrogen) atoms. The monoisotopic (exact) mass is 459 g/mol. The molecule has 2 unspecified atom stereocenters. The predicted molar refractivity (Wildman–Crippen MR) is 125 cm³/mol. The van der Waals surface area contributed by atoms with Crippen molar-refractivity contribution in [3.05, 3.63) is 29.3 Å². The molecular weight excluding hydrogens is 426 g/mol. The molecule has 0 saturated carbocycles. The number of benzene rings is 1. The van der Waals surface area contributed by atoms with Gasteiger partial charge in [0.15, 0.2) is 0 Å². The molecule has 7 nitrogen and oxygen atoms in total. The highest BCUT2D eigenvalue weighted by Crippen LogP contribution is 2.71. The second-order valence-corrected chi connectivity index (χ2v) is 11.5. The summed E-state index contributed by atoms with van der Waals surface area (Å²) in [4.78, 5) is 42.2. The molecule has 1 spiro atoms. The lowest BCUT2D eigenvalue weighted by Crippen LogP contribution is -2.54. The van der Waals surface area contributed by atoms with Gasteiger partial charge in [0.1, 0.15) is 6.04 Å². The van der Waals surface area contributed by atoms with Gasteiger partial charge in [0.2, 0.25) is 17.7 Å². The topological polar surface area (TPSA) is 98.7 Å². The van der Waals surface area contributed by atoms with Crippen LogP contribution in [0.2, 0.25) is 0 Å². The number of amides is 3. The first kappa shape index (κ1) is 23.1. The van der Waals surface area contributed by atoms with Crippen LogP contribution in [0.15, 0.2) is 18.2 Å². The van der Waals surface area contributed by atoms with Gasteiger partial charge < -0.3 is 20.6 Å². The third-order valence-electron chi connectivity index (χ3n) is 7.72. The first-order chi connectivity index (χ1) is 15.1. The van der Waals surface area contributed by atoms with Gasteiger partial charge in [0.25, 0.3) is 0 Å². The van der Waals surface area contributed by atoms with Crippen molar-refractivity contribution in [1.29, 1.82) is 0 Å². The number of aliphatic hydroxyl groups is 1. The minimum atomic E-state index is -0.738. The fourth-order valence-corrected chi connectivity index (χ4v) is 8.44. The summed E-state index contributed by atoms with van der Waals surface area (Å²) < 4.78 is -1.06. The van der Waals surface area contributed by atoms with Crippen molar-refractivity contribution in [3.8, 4) is 0 Å². The second kappa shape index (κ2) is 8.06. The normalized spacial score (nSPS) is 33.9. The van der Waals surface area contributed by atoms with Gasteiger partial charge in [0, 0.05) is 17.5 Å². The minimum Gasteiger partial charge on any atom is -0.394 e. The molecule has 2 bridgehead atoms. The molecule has 3 aliphatic rings. The Morgan fingerprint density at radius 1 is 1.28 bits per heavy atom. The molecule has 0 aromatic heterocycles. The van der Waals surface area contributed by atoms with Gasteiger partial charge in [-0.3, -0.25) is 14.4 Å². The van der Waals surface area contributed by atoms with E-state index < -0.39 is 28.7 Å². The average Bonchev–Trinajstić information content (AvgIpc) is 3.32. The summed E-state index contributed by atoms with van der Waals surface area (Å²) in [6.07, 6.45) is 2.00. The summed E-state index contributed by atoms with van der Waals surface area (Å²) in [6, 6.07) is 4.69. The third kappa shape index (κ3) is 3.17. The highest BCUT2D eigenvalue weighted by molar-refractivity contribution is 8.02. The number of hydrogen-bond acceptors (Lipinski definition) is 5. The Morgan fingerprint density at radius 3 is 2.62 bits per heavy atom. The Balaban J connectivity index is 1.79. The summed E-state index contributed by atoms with van der Waals surface area (Å²) in [7, 11) is 1.60. The van der Waals surface area contributed by atoms with Crippen LogP contribution in [0.5, 0.6) is 0 Å². The van der Waals surface area contributed by atoms with E-state index in [1.165, 1.54) is 0 Å². The molecule has 174 valence electrons. The Kier molecular flexibility index (Phi) is 5.82. The number of carbonyl (C=O) groups is 3. The van der Waals surface area contributed by atoms with Crippen molar-refractivity contribution in [2.24, 2.45) is 11.8 Å². The van der Waals surface area contributed by atoms with E-state index in [0.717, 1.165) is 23.2 Å². The molecule has 8 heteroatoms. The molecule has 3 fully saturated rings. The highest BCUT2D eigenvalue weighted by atomic mass is 32.2. The molecule has 0 radical (unpaired) electrons. The van der Waals surface area contributed by atoms with Crippen LogP contribution in [0.1, 0.15) is 44.2 Å². The van der Waals surface area contributed by atoms with Crippen molar-refractivity contribution >= 4 is 35.2 Å². The third-order valence-corrected chi connectivity index (χ3v) is 9.70. The minimum absolute atomic E-state index is 0.146. The van der Waals surface area contributed by atoms with E-state index in [1.807, 2.05) is 45.9 Å². The number of likely N-dealkylation sites (tertiary alicyclic amines) is 1. The fourth-order valence-electron chi connectivity index (χ4n) is 6.10. The Morgan fingerprint density at radius 2 is 2.00 bits per heavy atom. The molecule has 1 aromatic rings. The van der Waals surface area contributed by atoms with Crippen molar-refractivity contribution in [3.63, 3.8) is 0 Å². The zero-order valence-electron chi connectivity index (χ0n) is 19.4. The first-order valence-corrected chi connectivity index (χ1v) is 12.2. The molecule has 4 rings (SSSR count). The summed E-state index contributed by atoms with van der Waals surface area (Å²) in [5, 5.41) is 15.9. The molecule has 3 heterocycles. The van der Waals surface area contributed by atoms with Crippen LogP contribution in [0.4, 0.5) is 5.69 Å². The molecule has 3 saturated heterocycles. The Bertz CT molecular complexity index is 965. The van der Waals surface area contributed by atoms with Gasteiger partial charge in [-0.2, -0.15) is 0 Å². The quantitative estimate of drug-likeness (QED) is 0.606. The molecular formula is C24H33N3O4S. The number of aliphatic hydroxyl groups excluding tert-OH is 1. The highest BCUT2D eigenvalue weighted by Gasteiger charge is 2.77. The van der Waals surface area contributed by atoms with E-state index >= 15 is 0 Å². The van der Waals surface area contributed by atoms with E-state index in [0.29, 0.717) is 12.8 Å². The second-order valence-electron chi connectivity index (χ2n) is 9.64. The zero-order chi connectivity index (χ0) is 23.4. The van der Waals surface area contributed by atoms with Crippen LogP contribution < -0.4 is 10.6 Å². The zero-order valence-corrected chi connectivity index (χ0v) is 20.2. The molecule has 0 aliphatic carbocycles. The lowest BCUT2D eigenvalue weighted by Gasteiger charge is -2.36. The van der Waals surface area contributed by atoms with Crippen LogP contribution in [-0.2, 0) is 14.4 Å². The average molecular weight is 460 g/mol. The number of nitrogens with zero attached hydrogens (tertiary/aromatic N) is 1. The number of hydrogen-bond donors (Lipinski definition) is 3. The summed E-state index contributed by atoms with van der Waals surface area (Å²) in [6.45, 7) is 7.64. The van der Waals surface area contributed by atoms with Crippen LogP contribution in [-0.4, -0.2) is 63.0 Å². The summed E-state index contributed by atoms with van der Waals surface area (Å²) in [5.74, 6) is -1.63. The van der Waals surface area contributed by atoms with E-state index in [2.05, 4.69) is 10.6 Å². The molecule has 3 N–H and O–H groups in total. The van der Waals surface area contributed by atoms with Crippen LogP contribution in [0.25, 0.3) is 0 Å². The number of carbonyl (C=O) groups excluding carboxylic acids is 3. The van der Waals surface area contributed by atoms with Gasteiger partial charge in [0.05, 0.1) is 29.2 Å². The van der Waals surface area contributed by atoms with Crippen molar-refractivity contribution in [2.45, 2.75) is 68.5 Å². The summed E-state index contributed by atoms with van der Waals surface area (Å²) in [5.41, 5.74) is 2.71. The predicted octanol–water partition coefficient (Wildman–Crippen LogP) is 2.24. The Labute approximate surface area is 193 Å².